The predicted octanol–water partition coefficient (Wildman–Crippen LogP) is 1.83. The zero-order chi connectivity index (χ0) is 19.9. The van der Waals surface area contributed by atoms with Gasteiger partial charge in [-0.2, -0.15) is 4.31 Å². The standard InChI is InChI=1S/C18H22N4O4S/c1-14(23)20-16-4-3-5-17(12-16)21-18(24)8-11-22(27(2,25)26)13-15-6-9-19-10-7-15/h3-7,9-10,12H,8,11,13H2,1-2H3,(H,20,23)(H,21,24). The molecule has 9 heteroatoms. The molecular weight excluding hydrogens is 368 g/mol. The summed E-state index contributed by atoms with van der Waals surface area (Å²) in [6.45, 7) is 1.62. The van der Waals surface area contributed by atoms with E-state index in [4.69, 9.17) is 0 Å². The molecule has 0 saturated heterocycles. The van der Waals surface area contributed by atoms with Crippen LogP contribution in [0.2, 0.25) is 0 Å². The minimum Gasteiger partial charge on any atom is -0.326 e. The van der Waals surface area contributed by atoms with E-state index in [1.165, 1.54) is 11.2 Å². The summed E-state index contributed by atoms with van der Waals surface area (Å²) >= 11 is 0. The number of hydrogen-bond donors (Lipinski definition) is 2. The lowest BCUT2D eigenvalue weighted by Crippen LogP contribution is -2.32. The molecule has 0 aliphatic carbocycles. The van der Waals surface area contributed by atoms with Gasteiger partial charge in [0.1, 0.15) is 0 Å². The van der Waals surface area contributed by atoms with Crippen molar-refractivity contribution in [2.75, 3.05) is 23.4 Å². The molecule has 1 aromatic carbocycles. The summed E-state index contributed by atoms with van der Waals surface area (Å²) in [4.78, 5) is 27.2. The van der Waals surface area contributed by atoms with E-state index in [0.29, 0.717) is 11.4 Å². The maximum absolute atomic E-state index is 12.2. The average molecular weight is 390 g/mol. The molecule has 0 saturated carbocycles. The maximum Gasteiger partial charge on any atom is 0.225 e. The SMILES string of the molecule is CC(=O)Nc1cccc(NC(=O)CCN(Cc2ccncc2)S(C)(=O)=O)c1. The Morgan fingerprint density at radius 1 is 1.07 bits per heavy atom. The molecule has 1 heterocycles. The number of pyridine rings is 1. The lowest BCUT2D eigenvalue weighted by molar-refractivity contribution is -0.116. The summed E-state index contributed by atoms with van der Waals surface area (Å²) < 4.78 is 25.2. The van der Waals surface area contributed by atoms with Crippen molar-refractivity contribution in [2.45, 2.75) is 19.9 Å². The number of carbonyl (C=O) groups is 2. The number of nitrogens with zero attached hydrogens (tertiary/aromatic N) is 2. The van der Waals surface area contributed by atoms with Gasteiger partial charge in [-0.1, -0.05) is 6.07 Å². The molecule has 2 amide bonds. The summed E-state index contributed by atoms with van der Waals surface area (Å²) in [5.41, 5.74) is 1.88. The quantitative estimate of drug-likeness (QED) is 0.715. The van der Waals surface area contributed by atoms with Gasteiger partial charge in [0.15, 0.2) is 0 Å². The van der Waals surface area contributed by atoms with Crippen LogP contribution in [0.3, 0.4) is 0 Å². The highest BCUT2D eigenvalue weighted by Gasteiger charge is 2.18. The number of benzene rings is 1. The van der Waals surface area contributed by atoms with Crippen molar-refractivity contribution in [3.8, 4) is 0 Å². The van der Waals surface area contributed by atoms with Gasteiger partial charge in [-0.15, -0.1) is 0 Å². The molecule has 2 aromatic rings. The Balaban J connectivity index is 1.96. The molecule has 0 spiro atoms. The van der Waals surface area contributed by atoms with Crippen LogP contribution in [0.25, 0.3) is 0 Å². The second-order valence-electron chi connectivity index (χ2n) is 6.01. The summed E-state index contributed by atoms with van der Waals surface area (Å²) in [5.74, 6) is -0.531. The van der Waals surface area contributed by atoms with Gasteiger partial charge in [0.2, 0.25) is 21.8 Å². The van der Waals surface area contributed by atoms with E-state index in [1.807, 2.05) is 0 Å². The molecule has 8 nitrogen and oxygen atoms in total. The van der Waals surface area contributed by atoms with Crippen molar-refractivity contribution in [3.05, 3.63) is 54.4 Å². The van der Waals surface area contributed by atoms with Crippen molar-refractivity contribution in [3.63, 3.8) is 0 Å². The second kappa shape index (κ2) is 9.24. The van der Waals surface area contributed by atoms with Crippen LogP contribution in [0.15, 0.2) is 48.8 Å². The average Bonchev–Trinajstić information content (AvgIpc) is 2.58. The van der Waals surface area contributed by atoms with Crippen LogP contribution in [-0.4, -0.2) is 42.3 Å². The Bertz CT molecular complexity index is 901. The Hall–Kier alpha value is -2.78. The van der Waals surface area contributed by atoms with Crippen molar-refractivity contribution in [2.24, 2.45) is 0 Å². The molecule has 0 aliphatic rings. The molecule has 2 N–H and O–H groups in total. The van der Waals surface area contributed by atoms with Crippen LogP contribution < -0.4 is 10.6 Å². The number of carbonyl (C=O) groups excluding carboxylic acids is 2. The summed E-state index contributed by atoms with van der Waals surface area (Å²) in [6.07, 6.45) is 4.29. The van der Waals surface area contributed by atoms with Crippen molar-refractivity contribution in [1.29, 1.82) is 0 Å². The topological polar surface area (TPSA) is 108 Å². The summed E-state index contributed by atoms with van der Waals surface area (Å²) in [5, 5.41) is 5.34. The van der Waals surface area contributed by atoms with E-state index in [-0.39, 0.29) is 31.3 Å². The first-order valence-electron chi connectivity index (χ1n) is 8.25. The van der Waals surface area contributed by atoms with E-state index in [0.717, 1.165) is 11.8 Å². The molecule has 0 atom stereocenters. The fraction of sp³-hybridized carbons (Fsp3) is 0.278. The molecular formula is C18H22N4O4S. The van der Waals surface area contributed by atoms with Gasteiger partial charge >= 0.3 is 0 Å². The van der Waals surface area contributed by atoms with E-state index in [1.54, 1.807) is 48.8 Å². The third-order valence-electron chi connectivity index (χ3n) is 3.63. The monoisotopic (exact) mass is 390 g/mol. The highest BCUT2D eigenvalue weighted by Crippen LogP contribution is 2.15. The number of nitrogens with one attached hydrogen (secondary N) is 2. The molecule has 0 aliphatic heterocycles. The molecule has 0 fully saturated rings. The van der Waals surface area contributed by atoms with Crippen LogP contribution in [0.1, 0.15) is 18.9 Å². The van der Waals surface area contributed by atoms with Gasteiger partial charge in [0.05, 0.1) is 6.26 Å². The van der Waals surface area contributed by atoms with Gasteiger partial charge in [0.25, 0.3) is 0 Å². The Labute approximate surface area is 158 Å². The fourth-order valence-corrected chi connectivity index (χ4v) is 3.19. The van der Waals surface area contributed by atoms with E-state index >= 15 is 0 Å². The summed E-state index contributed by atoms with van der Waals surface area (Å²) in [6, 6.07) is 10.2. The maximum atomic E-state index is 12.2. The Morgan fingerprint density at radius 3 is 2.30 bits per heavy atom. The Morgan fingerprint density at radius 2 is 1.70 bits per heavy atom. The number of rotatable bonds is 8. The Kier molecular flexibility index (Phi) is 7.03. The number of sulfonamides is 1. The van der Waals surface area contributed by atoms with Gasteiger partial charge < -0.3 is 10.6 Å². The first kappa shape index (κ1) is 20.5. The third-order valence-corrected chi connectivity index (χ3v) is 4.88. The normalized spacial score (nSPS) is 11.2. The van der Waals surface area contributed by atoms with E-state index in [9.17, 15) is 18.0 Å². The predicted molar refractivity (Wildman–Crippen MR) is 103 cm³/mol. The number of amides is 2. The molecule has 2 rings (SSSR count). The molecule has 0 radical (unpaired) electrons. The molecule has 27 heavy (non-hydrogen) atoms. The van der Waals surface area contributed by atoms with Gasteiger partial charge in [-0.05, 0) is 35.9 Å². The highest BCUT2D eigenvalue weighted by atomic mass is 32.2. The lowest BCUT2D eigenvalue weighted by atomic mass is 10.2. The minimum absolute atomic E-state index is 0.00250. The van der Waals surface area contributed by atoms with Gasteiger partial charge in [0, 0.05) is 50.2 Å². The first-order valence-corrected chi connectivity index (χ1v) is 10.1. The summed E-state index contributed by atoms with van der Waals surface area (Å²) in [7, 11) is -3.47. The van der Waals surface area contributed by atoms with Crippen LogP contribution in [0, 0.1) is 0 Å². The van der Waals surface area contributed by atoms with Crippen molar-refractivity contribution < 1.29 is 18.0 Å². The number of hydrogen-bond acceptors (Lipinski definition) is 5. The number of anilines is 2. The zero-order valence-corrected chi connectivity index (χ0v) is 16.0. The zero-order valence-electron chi connectivity index (χ0n) is 15.2. The van der Waals surface area contributed by atoms with Crippen LogP contribution in [-0.2, 0) is 26.2 Å². The van der Waals surface area contributed by atoms with Crippen LogP contribution >= 0.6 is 0 Å². The van der Waals surface area contributed by atoms with E-state index in [2.05, 4.69) is 15.6 Å². The lowest BCUT2D eigenvalue weighted by Gasteiger charge is -2.19. The van der Waals surface area contributed by atoms with E-state index < -0.39 is 10.0 Å². The van der Waals surface area contributed by atoms with Crippen molar-refractivity contribution >= 4 is 33.2 Å². The molecule has 144 valence electrons. The molecule has 0 unspecified atom stereocenters. The van der Waals surface area contributed by atoms with Crippen LogP contribution in [0.4, 0.5) is 11.4 Å². The van der Waals surface area contributed by atoms with Crippen LogP contribution in [0.5, 0.6) is 0 Å². The van der Waals surface area contributed by atoms with Gasteiger partial charge in [-0.25, -0.2) is 8.42 Å². The smallest absolute Gasteiger partial charge is 0.225 e. The third kappa shape index (κ3) is 7.16. The highest BCUT2D eigenvalue weighted by molar-refractivity contribution is 7.88. The first-order chi connectivity index (χ1) is 12.7. The second-order valence-corrected chi connectivity index (χ2v) is 7.99. The molecule has 1 aromatic heterocycles. The van der Waals surface area contributed by atoms with Gasteiger partial charge in [-0.3, -0.25) is 14.6 Å². The largest absolute Gasteiger partial charge is 0.326 e. The molecule has 0 bridgehead atoms. The minimum atomic E-state index is -3.47. The van der Waals surface area contributed by atoms with Crippen molar-refractivity contribution in [1.82, 2.24) is 9.29 Å². The fourth-order valence-electron chi connectivity index (χ4n) is 2.38. The number of aromatic nitrogens is 1.